The molecule has 0 spiro atoms. The summed E-state index contributed by atoms with van der Waals surface area (Å²) in [6.45, 7) is 5.10. The molecule has 7 nitrogen and oxygen atoms in total. The van der Waals surface area contributed by atoms with E-state index < -0.39 is 16.8 Å². The molecule has 0 aliphatic carbocycles. The number of benzene rings is 1. The largest absolute Gasteiger partial charge is 0.461 e. The number of carbonyl (C=O) groups excluding carboxylic acids is 1. The maximum Gasteiger partial charge on any atom is 0.337 e. The maximum absolute atomic E-state index is 12.6. The molecule has 0 fully saturated rings. The summed E-state index contributed by atoms with van der Waals surface area (Å²) >= 11 is 0. The lowest BCUT2D eigenvalue weighted by Crippen LogP contribution is -2.32. The molecule has 1 unspecified atom stereocenters. The van der Waals surface area contributed by atoms with Gasteiger partial charge in [0.05, 0.1) is 28.7 Å². The minimum absolute atomic E-state index is 0.0525. The minimum atomic E-state index is -0.827. The van der Waals surface area contributed by atoms with Gasteiger partial charge in [-0.05, 0) is 31.9 Å². The first kappa shape index (κ1) is 18.2. The number of hydrogen-bond donors (Lipinski definition) is 1. The van der Waals surface area contributed by atoms with Crippen molar-refractivity contribution >= 4 is 5.97 Å². The molecule has 1 aromatic carbocycles. The summed E-state index contributed by atoms with van der Waals surface area (Å²) in [5, 5.41) is 23.2. The van der Waals surface area contributed by atoms with Gasteiger partial charge in [0.1, 0.15) is 12.5 Å². The van der Waals surface area contributed by atoms with Crippen LogP contribution < -0.4 is 5.32 Å². The third-order valence-electron chi connectivity index (χ3n) is 4.09. The Morgan fingerprint density at radius 3 is 2.60 bits per heavy atom. The van der Waals surface area contributed by atoms with E-state index in [1.165, 1.54) is 0 Å². The van der Waals surface area contributed by atoms with Crippen molar-refractivity contribution in [1.82, 2.24) is 5.32 Å². The molecule has 1 atom stereocenters. The number of nitriles is 1. The van der Waals surface area contributed by atoms with Gasteiger partial charge in [-0.1, -0.05) is 24.3 Å². The van der Waals surface area contributed by atoms with Crippen LogP contribution in [-0.2, 0) is 9.53 Å². The molecule has 2 rings (SSSR count). The molecule has 0 amide bonds. The first-order valence-corrected chi connectivity index (χ1v) is 7.81. The molecule has 130 valence electrons. The topological polar surface area (TPSA) is 105 Å². The number of carbonyl (C=O) groups is 1. The fourth-order valence-corrected chi connectivity index (χ4v) is 2.98. The van der Waals surface area contributed by atoms with E-state index in [9.17, 15) is 14.9 Å². The normalized spacial score (nSPS) is 17.0. The predicted molar refractivity (Wildman–Crippen MR) is 90.6 cm³/mol. The highest BCUT2D eigenvalue weighted by Crippen LogP contribution is 2.39. The number of nitrogens with zero attached hydrogens (tertiary/aromatic N) is 2. The van der Waals surface area contributed by atoms with Crippen molar-refractivity contribution in [2.75, 3.05) is 6.61 Å². The van der Waals surface area contributed by atoms with Gasteiger partial charge < -0.3 is 10.1 Å². The minimum Gasteiger partial charge on any atom is -0.461 e. The smallest absolute Gasteiger partial charge is 0.337 e. The van der Waals surface area contributed by atoms with Crippen LogP contribution >= 0.6 is 0 Å². The molecule has 25 heavy (non-hydrogen) atoms. The lowest BCUT2D eigenvalue weighted by atomic mass is 9.82. The molecular weight excluding hydrogens is 322 g/mol. The molecule has 0 bridgehead atoms. The molecule has 0 aromatic heterocycles. The highest BCUT2D eigenvalue weighted by atomic mass is 16.6. The summed E-state index contributed by atoms with van der Waals surface area (Å²) in [7, 11) is 0. The third-order valence-corrected chi connectivity index (χ3v) is 4.09. The first-order chi connectivity index (χ1) is 11.9. The van der Waals surface area contributed by atoms with Crippen LogP contribution in [0.4, 0.5) is 0 Å². The summed E-state index contributed by atoms with van der Waals surface area (Å²) < 4.78 is 5.14. The van der Waals surface area contributed by atoms with Crippen molar-refractivity contribution in [3.8, 4) is 6.07 Å². The van der Waals surface area contributed by atoms with Gasteiger partial charge in [-0.3, -0.25) is 10.1 Å². The lowest BCUT2D eigenvalue weighted by Gasteiger charge is -2.27. The van der Waals surface area contributed by atoms with Gasteiger partial charge in [0.25, 0.3) is 5.70 Å². The maximum atomic E-state index is 12.6. The Hall–Kier alpha value is -3.14. The number of nitro groups is 1. The number of aryl methyl sites for hydroxylation is 1. The molecule has 1 N–H and O–H groups in total. The van der Waals surface area contributed by atoms with Crippen molar-refractivity contribution in [2.24, 2.45) is 0 Å². The summed E-state index contributed by atoms with van der Waals surface area (Å²) in [5.41, 5.74) is 2.55. The van der Waals surface area contributed by atoms with Crippen molar-refractivity contribution in [2.45, 2.75) is 33.1 Å². The standard InChI is InChI=1S/C18H19N3O4/c1-11-7-4-5-8-14(11)16-15(18(22)25-10-6-9-19)12(2)20-13(3)17(16)21(23)24/h4-5,7-8,16,20H,6,10H2,1-3H3. The molecule has 7 heteroatoms. The van der Waals surface area contributed by atoms with E-state index in [-0.39, 0.29) is 24.3 Å². The SMILES string of the molecule is CC1=C(C(=O)OCCC#N)C(c2ccccc2C)C([N+](=O)[O-])=C(C)N1. The Balaban J connectivity index is 2.57. The van der Waals surface area contributed by atoms with Crippen LogP contribution in [0.5, 0.6) is 0 Å². The number of nitrogens with one attached hydrogen (secondary N) is 1. The number of ether oxygens (including phenoxy) is 1. The van der Waals surface area contributed by atoms with Crippen molar-refractivity contribution in [3.05, 3.63) is 68.2 Å². The Kier molecular flexibility index (Phi) is 5.55. The lowest BCUT2D eigenvalue weighted by molar-refractivity contribution is -0.431. The van der Waals surface area contributed by atoms with Crippen LogP contribution in [0, 0.1) is 28.4 Å². The average Bonchev–Trinajstić information content (AvgIpc) is 2.54. The van der Waals surface area contributed by atoms with Crippen LogP contribution in [-0.4, -0.2) is 17.5 Å². The fraction of sp³-hybridized carbons (Fsp3) is 0.333. The van der Waals surface area contributed by atoms with Crippen LogP contribution in [0.15, 0.2) is 46.9 Å². The third kappa shape index (κ3) is 3.69. The van der Waals surface area contributed by atoms with Gasteiger partial charge in [-0.25, -0.2) is 4.79 Å². The van der Waals surface area contributed by atoms with E-state index >= 15 is 0 Å². The zero-order valence-corrected chi connectivity index (χ0v) is 14.3. The van der Waals surface area contributed by atoms with Crippen LogP contribution in [0.25, 0.3) is 0 Å². The zero-order chi connectivity index (χ0) is 18.6. The summed E-state index contributed by atoms with van der Waals surface area (Å²) in [6, 6.07) is 9.14. The quantitative estimate of drug-likeness (QED) is 0.382. The highest BCUT2D eigenvalue weighted by molar-refractivity contribution is 5.92. The number of rotatable bonds is 5. The molecule has 1 aromatic rings. The second-order valence-electron chi connectivity index (χ2n) is 5.76. The summed E-state index contributed by atoms with van der Waals surface area (Å²) in [5.74, 6) is -1.48. The Morgan fingerprint density at radius 1 is 1.32 bits per heavy atom. The van der Waals surface area contributed by atoms with Crippen LogP contribution in [0.3, 0.4) is 0 Å². The van der Waals surface area contributed by atoms with Crippen molar-refractivity contribution in [1.29, 1.82) is 5.26 Å². The van der Waals surface area contributed by atoms with Crippen molar-refractivity contribution in [3.63, 3.8) is 0 Å². The van der Waals surface area contributed by atoms with E-state index in [0.717, 1.165) is 5.56 Å². The van der Waals surface area contributed by atoms with E-state index in [1.807, 2.05) is 25.1 Å². The van der Waals surface area contributed by atoms with Gasteiger partial charge in [-0.2, -0.15) is 5.26 Å². The van der Waals surface area contributed by atoms with E-state index in [1.54, 1.807) is 26.0 Å². The monoisotopic (exact) mass is 341 g/mol. The predicted octanol–water partition coefficient (Wildman–Crippen LogP) is 2.92. The van der Waals surface area contributed by atoms with Gasteiger partial charge in [0, 0.05) is 5.70 Å². The Bertz CT molecular complexity index is 818. The summed E-state index contributed by atoms with van der Waals surface area (Å²) in [4.78, 5) is 23.8. The molecule has 0 radical (unpaired) electrons. The van der Waals surface area contributed by atoms with Crippen molar-refractivity contribution < 1.29 is 14.5 Å². The molecule has 0 saturated carbocycles. The van der Waals surface area contributed by atoms with E-state index in [0.29, 0.717) is 17.0 Å². The second-order valence-corrected chi connectivity index (χ2v) is 5.76. The fourth-order valence-electron chi connectivity index (χ4n) is 2.98. The Labute approximate surface area is 145 Å². The second kappa shape index (κ2) is 7.62. The van der Waals surface area contributed by atoms with E-state index in [2.05, 4.69) is 5.32 Å². The van der Waals surface area contributed by atoms with Gasteiger partial charge in [0.15, 0.2) is 0 Å². The number of hydrogen-bond acceptors (Lipinski definition) is 6. The zero-order valence-electron chi connectivity index (χ0n) is 14.3. The molecule has 1 aliphatic heterocycles. The summed E-state index contributed by atoms with van der Waals surface area (Å²) in [6.07, 6.45) is 0.0670. The van der Waals surface area contributed by atoms with Crippen LogP contribution in [0.2, 0.25) is 0 Å². The highest BCUT2D eigenvalue weighted by Gasteiger charge is 2.41. The van der Waals surface area contributed by atoms with E-state index in [4.69, 9.17) is 10.00 Å². The molecular formula is C18H19N3O4. The van der Waals surface area contributed by atoms with Gasteiger partial charge in [-0.15, -0.1) is 0 Å². The number of dihydropyridines is 1. The number of allylic oxidation sites excluding steroid dienone is 3. The van der Waals surface area contributed by atoms with Crippen LogP contribution in [0.1, 0.15) is 37.3 Å². The van der Waals surface area contributed by atoms with Gasteiger partial charge >= 0.3 is 5.97 Å². The first-order valence-electron chi connectivity index (χ1n) is 7.81. The average molecular weight is 341 g/mol. The number of esters is 1. The molecule has 1 heterocycles. The molecule has 0 saturated heterocycles. The van der Waals surface area contributed by atoms with Gasteiger partial charge in [0.2, 0.25) is 0 Å². The Morgan fingerprint density at radius 2 is 2.00 bits per heavy atom. The molecule has 1 aliphatic rings.